The van der Waals surface area contributed by atoms with Gasteiger partial charge in [-0.05, 0) is 43.0 Å². The summed E-state index contributed by atoms with van der Waals surface area (Å²) in [6, 6.07) is 20.2. The highest BCUT2D eigenvalue weighted by Crippen LogP contribution is 2.53. The maximum Gasteiger partial charge on any atom is 0.142 e. The van der Waals surface area contributed by atoms with Crippen LogP contribution in [0.15, 0.2) is 69.6 Å². The van der Waals surface area contributed by atoms with Crippen LogP contribution in [0.25, 0.3) is 22.3 Å². The Bertz CT molecular complexity index is 774. The number of hydrogen-bond acceptors (Lipinski definition) is 2. The van der Waals surface area contributed by atoms with Gasteiger partial charge in [0.2, 0.25) is 0 Å². The topological polar surface area (TPSA) is 18.5 Å². The maximum atomic E-state index is 5.74. The van der Waals surface area contributed by atoms with E-state index in [0.717, 1.165) is 42.7 Å². The number of rotatable bonds is 4. The van der Waals surface area contributed by atoms with Gasteiger partial charge < -0.3 is 9.47 Å². The molecule has 0 aromatic heterocycles. The summed E-state index contributed by atoms with van der Waals surface area (Å²) < 4.78 is 13.2. The molecule has 0 atom stereocenters. The summed E-state index contributed by atoms with van der Waals surface area (Å²) in [4.78, 5) is 0. The molecule has 0 unspecified atom stereocenters. The van der Waals surface area contributed by atoms with Crippen LogP contribution in [0.4, 0.5) is 0 Å². The number of benzene rings is 3. The third kappa shape index (κ3) is 2.96. The van der Waals surface area contributed by atoms with Gasteiger partial charge in [-0.1, -0.05) is 60.7 Å². The second-order valence-electron chi connectivity index (χ2n) is 5.18. The first kappa shape index (κ1) is 17.1. The van der Waals surface area contributed by atoms with E-state index in [1.54, 1.807) is 14.2 Å². The molecule has 4 heteroatoms. The summed E-state index contributed by atoms with van der Waals surface area (Å²) in [5.74, 6) is 1.54. The number of methoxy groups -OCH3 is 2. The van der Waals surface area contributed by atoms with Crippen LogP contribution >= 0.6 is 31.9 Å². The minimum absolute atomic E-state index is 0.771. The Hall–Kier alpha value is -1.78. The molecule has 2 nitrogen and oxygen atoms in total. The monoisotopic (exact) mass is 446 g/mol. The molecule has 0 bridgehead atoms. The lowest BCUT2D eigenvalue weighted by Gasteiger charge is -2.20. The van der Waals surface area contributed by atoms with Gasteiger partial charge in [-0.15, -0.1) is 0 Å². The van der Waals surface area contributed by atoms with Crippen LogP contribution in [-0.4, -0.2) is 14.2 Å². The quantitative estimate of drug-likeness (QED) is 0.450. The van der Waals surface area contributed by atoms with Crippen LogP contribution in [-0.2, 0) is 0 Å². The van der Waals surface area contributed by atoms with Gasteiger partial charge >= 0.3 is 0 Å². The molecule has 0 aliphatic heterocycles. The van der Waals surface area contributed by atoms with Crippen molar-refractivity contribution < 1.29 is 9.47 Å². The van der Waals surface area contributed by atoms with Crippen LogP contribution in [0.1, 0.15) is 0 Å². The van der Waals surface area contributed by atoms with Crippen molar-refractivity contribution in [1.82, 2.24) is 0 Å². The summed E-state index contributed by atoms with van der Waals surface area (Å²) in [6.07, 6.45) is 0. The molecule has 3 rings (SSSR count). The zero-order valence-electron chi connectivity index (χ0n) is 13.3. The molecule has 24 heavy (non-hydrogen) atoms. The van der Waals surface area contributed by atoms with Crippen LogP contribution in [0.3, 0.4) is 0 Å². The molecule has 0 aliphatic carbocycles. The van der Waals surface area contributed by atoms with Crippen molar-refractivity contribution in [2.75, 3.05) is 14.2 Å². The van der Waals surface area contributed by atoms with E-state index in [0.29, 0.717) is 0 Å². The predicted octanol–water partition coefficient (Wildman–Crippen LogP) is 6.56. The van der Waals surface area contributed by atoms with Gasteiger partial charge in [-0.25, -0.2) is 0 Å². The van der Waals surface area contributed by atoms with Gasteiger partial charge in [0, 0.05) is 11.1 Å². The minimum Gasteiger partial charge on any atom is -0.495 e. The smallest absolute Gasteiger partial charge is 0.142 e. The summed E-state index contributed by atoms with van der Waals surface area (Å²) in [5.41, 5.74) is 4.03. The van der Waals surface area contributed by atoms with Crippen molar-refractivity contribution in [3.8, 4) is 33.8 Å². The second-order valence-corrected chi connectivity index (χ2v) is 6.76. The van der Waals surface area contributed by atoms with Crippen molar-refractivity contribution in [3.05, 3.63) is 69.6 Å². The van der Waals surface area contributed by atoms with E-state index in [1.165, 1.54) is 0 Å². The molecule has 0 saturated heterocycles. The van der Waals surface area contributed by atoms with E-state index in [9.17, 15) is 0 Å². The maximum absolute atomic E-state index is 5.74. The highest BCUT2D eigenvalue weighted by molar-refractivity contribution is 9.11. The first-order chi connectivity index (χ1) is 11.7. The van der Waals surface area contributed by atoms with E-state index < -0.39 is 0 Å². The van der Waals surface area contributed by atoms with Gasteiger partial charge in [0.05, 0.1) is 23.2 Å². The van der Waals surface area contributed by atoms with E-state index >= 15 is 0 Å². The molecule has 0 aliphatic rings. The van der Waals surface area contributed by atoms with Crippen molar-refractivity contribution >= 4 is 31.9 Å². The first-order valence-electron chi connectivity index (χ1n) is 7.42. The van der Waals surface area contributed by atoms with Crippen molar-refractivity contribution in [1.29, 1.82) is 0 Å². The fourth-order valence-electron chi connectivity index (χ4n) is 2.75. The number of ether oxygens (including phenoxy) is 2. The first-order valence-corrected chi connectivity index (χ1v) is 9.01. The molecular formula is C20H16Br2O2. The van der Waals surface area contributed by atoms with Crippen molar-refractivity contribution in [3.63, 3.8) is 0 Å². The normalized spacial score (nSPS) is 10.5. The van der Waals surface area contributed by atoms with Gasteiger partial charge in [0.1, 0.15) is 11.5 Å². The van der Waals surface area contributed by atoms with E-state index in [4.69, 9.17) is 9.47 Å². The molecule has 0 fully saturated rings. The average molecular weight is 448 g/mol. The second kappa shape index (κ2) is 7.41. The van der Waals surface area contributed by atoms with Crippen LogP contribution < -0.4 is 9.47 Å². The molecule has 3 aromatic rings. The van der Waals surface area contributed by atoms with Crippen molar-refractivity contribution in [2.45, 2.75) is 0 Å². The lowest BCUT2D eigenvalue weighted by Crippen LogP contribution is -1.98. The standard InChI is InChI=1S/C20H16Br2O2/c1-23-19-15(13-9-5-3-6-10-13)18(22)20(24-2)16(17(19)21)14-11-7-4-8-12-14/h3-12H,1-2H3. The van der Waals surface area contributed by atoms with Crippen LogP contribution in [0.2, 0.25) is 0 Å². The van der Waals surface area contributed by atoms with E-state index in [2.05, 4.69) is 56.1 Å². The third-order valence-electron chi connectivity index (χ3n) is 3.82. The molecular weight excluding hydrogens is 432 g/mol. The Labute approximate surface area is 158 Å². The molecule has 0 radical (unpaired) electrons. The van der Waals surface area contributed by atoms with Gasteiger partial charge in [-0.3, -0.25) is 0 Å². The lowest BCUT2D eigenvalue weighted by atomic mass is 9.98. The van der Waals surface area contributed by atoms with E-state index in [1.807, 2.05) is 36.4 Å². The molecule has 122 valence electrons. The largest absolute Gasteiger partial charge is 0.495 e. The highest BCUT2D eigenvalue weighted by atomic mass is 79.9. The Balaban J connectivity index is 2.38. The average Bonchev–Trinajstić information content (AvgIpc) is 2.64. The Morgan fingerprint density at radius 3 is 1.21 bits per heavy atom. The minimum atomic E-state index is 0.771. The molecule has 0 spiro atoms. The Kier molecular flexibility index (Phi) is 5.27. The van der Waals surface area contributed by atoms with E-state index in [-0.39, 0.29) is 0 Å². The Morgan fingerprint density at radius 1 is 0.583 bits per heavy atom. The zero-order valence-corrected chi connectivity index (χ0v) is 16.5. The van der Waals surface area contributed by atoms with Crippen molar-refractivity contribution in [2.24, 2.45) is 0 Å². The summed E-state index contributed by atoms with van der Waals surface area (Å²) in [7, 11) is 3.36. The molecule has 0 heterocycles. The molecule has 0 saturated carbocycles. The predicted molar refractivity (Wildman–Crippen MR) is 106 cm³/mol. The van der Waals surface area contributed by atoms with Gasteiger partial charge in [-0.2, -0.15) is 0 Å². The van der Waals surface area contributed by atoms with Gasteiger partial charge in [0.25, 0.3) is 0 Å². The summed E-state index contributed by atoms with van der Waals surface area (Å²) in [5, 5.41) is 0. The molecule has 0 N–H and O–H groups in total. The SMILES string of the molecule is COc1c(Br)c(-c2ccccc2)c(OC)c(Br)c1-c1ccccc1. The lowest BCUT2D eigenvalue weighted by molar-refractivity contribution is 0.401. The fraction of sp³-hybridized carbons (Fsp3) is 0.100. The molecule has 0 amide bonds. The number of hydrogen-bond donors (Lipinski definition) is 0. The highest BCUT2D eigenvalue weighted by Gasteiger charge is 2.24. The summed E-state index contributed by atoms with van der Waals surface area (Å²) in [6.45, 7) is 0. The molecule has 3 aromatic carbocycles. The fourth-order valence-corrected chi connectivity index (χ4v) is 4.29. The zero-order chi connectivity index (χ0) is 17.1. The Morgan fingerprint density at radius 2 is 0.917 bits per heavy atom. The number of halogens is 2. The van der Waals surface area contributed by atoms with Gasteiger partial charge in [0.15, 0.2) is 0 Å². The van der Waals surface area contributed by atoms with Crippen LogP contribution in [0.5, 0.6) is 11.5 Å². The third-order valence-corrected chi connectivity index (χ3v) is 5.34. The van der Waals surface area contributed by atoms with Crippen LogP contribution in [0, 0.1) is 0 Å². The summed E-state index contributed by atoms with van der Waals surface area (Å²) >= 11 is 7.45.